The second kappa shape index (κ2) is 15.1. The molecule has 0 saturated carbocycles. The molecule has 0 amide bonds. The Morgan fingerprint density at radius 1 is 0.529 bits per heavy atom. The van der Waals surface area contributed by atoms with Crippen LogP contribution in [0.1, 0.15) is 11.1 Å². The number of halogens is 7. The van der Waals surface area contributed by atoms with E-state index in [1.54, 1.807) is 105 Å². The van der Waals surface area contributed by atoms with Gasteiger partial charge < -0.3 is 0 Å². The van der Waals surface area contributed by atoms with Crippen LogP contribution in [0.3, 0.4) is 0 Å². The maximum absolute atomic E-state index is 13.9. The van der Waals surface area contributed by atoms with Gasteiger partial charge in [0.15, 0.2) is 0 Å². The van der Waals surface area contributed by atoms with E-state index in [1.165, 1.54) is 48.2 Å². The molecule has 0 bridgehead atoms. The SMILES string of the molecule is Cc1ccccc1S(OS(=O)(=O)C(F)(F)F)(c1ccc(Sc2ccc(I(OS(=O)(=O)C(F)(F)F)c3ccccc3)cc2)cc1)c1ccccc1C. The van der Waals surface area contributed by atoms with Crippen LogP contribution in [0.25, 0.3) is 0 Å². The van der Waals surface area contributed by atoms with Crippen LogP contribution in [0.4, 0.5) is 26.3 Å². The molecule has 5 aromatic rings. The summed E-state index contributed by atoms with van der Waals surface area (Å²) in [5.74, 6) is 0. The molecule has 0 saturated heterocycles. The minimum absolute atomic E-state index is 0.180. The molecule has 5 rings (SSSR count). The van der Waals surface area contributed by atoms with Crippen LogP contribution in [-0.4, -0.2) is 27.9 Å². The molecule has 0 radical (unpaired) electrons. The fraction of sp³-hybridized carbons (Fsp3) is 0.118. The first-order valence-electron chi connectivity index (χ1n) is 14.5. The Bertz CT molecular complexity index is 2170. The number of hydrogen-bond donors (Lipinski definition) is 0. The van der Waals surface area contributed by atoms with Crippen LogP contribution < -0.4 is 0 Å². The minimum Gasteiger partial charge on any atom is -0.0619 e. The minimum atomic E-state index is -6.12. The van der Waals surface area contributed by atoms with Crippen molar-refractivity contribution in [2.75, 3.05) is 0 Å². The van der Waals surface area contributed by atoms with E-state index in [4.69, 9.17) is 6.14 Å². The second-order valence-corrected chi connectivity index (χ2v) is 22.6. The molecule has 272 valence electrons. The molecule has 6 nitrogen and oxygen atoms in total. The van der Waals surface area contributed by atoms with Gasteiger partial charge in [-0.25, -0.2) is 0 Å². The Balaban J connectivity index is 1.54. The van der Waals surface area contributed by atoms with Gasteiger partial charge in [0.2, 0.25) is 0 Å². The first kappa shape index (κ1) is 39.1. The molecular formula is C34H27F6IO6S4. The zero-order valence-corrected chi connectivity index (χ0v) is 31.8. The fourth-order valence-electron chi connectivity index (χ4n) is 4.71. The number of hydrogen-bond acceptors (Lipinski definition) is 7. The zero-order chi connectivity index (χ0) is 37.2. The Morgan fingerprint density at radius 3 is 1.39 bits per heavy atom. The predicted molar refractivity (Wildman–Crippen MR) is 192 cm³/mol. The van der Waals surface area contributed by atoms with Crippen LogP contribution >= 0.6 is 42.3 Å². The summed E-state index contributed by atoms with van der Waals surface area (Å²) >= 11 is -2.39. The van der Waals surface area contributed by atoms with Gasteiger partial charge in [-0.3, -0.25) is 0 Å². The Morgan fingerprint density at radius 2 is 0.941 bits per heavy atom. The van der Waals surface area contributed by atoms with E-state index in [-0.39, 0.29) is 18.3 Å². The van der Waals surface area contributed by atoms with Gasteiger partial charge in [-0.1, -0.05) is 36.4 Å². The molecule has 0 aromatic heterocycles. The smallest absolute Gasteiger partial charge is 0.0619 e. The zero-order valence-electron chi connectivity index (χ0n) is 26.4. The summed E-state index contributed by atoms with van der Waals surface area (Å²) in [5.41, 5.74) is -10.3. The summed E-state index contributed by atoms with van der Waals surface area (Å²) in [6.07, 6.45) is 0. The van der Waals surface area contributed by atoms with E-state index in [1.807, 2.05) is 0 Å². The maximum atomic E-state index is 13.9. The van der Waals surface area contributed by atoms with Crippen molar-refractivity contribution in [1.29, 1.82) is 0 Å². The van der Waals surface area contributed by atoms with Crippen molar-refractivity contribution < 1.29 is 49.3 Å². The fourth-order valence-corrected chi connectivity index (χ4v) is 17.1. The Kier molecular flexibility index (Phi) is 11.6. The van der Waals surface area contributed by atoms with Crippen LogP contribution in [0.2, 0.25) is 0 Å². The second-order valence-electron chi connectivity index (χ2n) is 10.6. The van der Waals surface area contributed by atoms with Crippen LogP contribution in [-0.2, 0) is 26.4 Å². The van der Waals surface area contributed by atoms with Gasteiger partial charge in [0.1, 0.15) is 0 Å². The number of aryl methyl sites for hydroxylation is 2. The van der Waals surface area contributed by atoms with Crippen molar-refractivity contribution in [3.8, 4) is 0 Å². The number of benzene rings is 5. The predicted octanol–water partition coefficient (Wildman–Crippen LogP) is 10.8. The summed E-state index contributed by atoms with van der Waals surface area (Å²) < 4.78 is 142. The number of rotatable bonds is 11. The van der Waals surface area contributed by atoms with Crippen LogP contribution in [0, 0.1) is 21.0 Å². The van der Waals surface area contributed by atoms with Crippen molar-refractivity contribution in [2.45, 2.75) is 49.3 Å². The van der Waals surface area contributed by atoms with Gasteiger partial charge in [-0.2, -0.15) is 21.6 Å². The van der Waals surface area contributed by atoms with Gasteiger partial charge >= 0.3 is 235 Å². The van der Waals surface area contributed by atoms with Crippen molar-refractivity contribution >= 4 is 62.5 Å². The summed E-state index contributed by atoms with van der Waals surface area (Å²) in [6.45, 7) is 3.31. The molecule has 0 aliphatic rings. The van der Waals surface area contributed by atoms with Gasteiger partial charge in [0, 0.05) is 0 Å². The van der Waals surface area contributed by atoms with Gasteiger partial charge in [-0.15, -0.1) is 0 Å². The number of alkyl halides is 6. The van der Waals surface area contributed by atoms with Crippen LogP contribution in [0.15, 0.2) is 152 Å². The molecule has 17 heteroatoms. The standard InChI is InChI=1S/C34H27F6IO6S4/c1-24-10-6-8-14-31(24)49(32-15-9-7-11-25(32)2,47-51(44,45)34(38,39)40)30-22-20-29(21-23-30)48-28-18-16-27(17-19-28)41(26-12-4-3-5-13-26)46-50(42,43)33(35,36)37/h3-23H,1-2H3. The van der Waals surface area contributed by atoms with E-state index in [2.05, 4.69) is 0 Å². The third-order valence-electron chi connectivity index (χ3n) is 7.05. The topological polar surface area (TPSA) is 86.7 Å². The molecule has 0 atom stereocenters. The van der Waals surface area contributed by atoms with Crippen molar-refractivity contribution in [1.82, 2.24) is 0 Å². The first-order chi connectivity index (χ1) is 23.9. The van der Waals surface area contributed by atoms with Crippen molar-refractivity contribution in [2.24, 2.45) is 0 Å². The van der Waals surface area contributed by atoms with E-state index >= 15 is 0 Å². The molecule has 5 aromatic carbocycles. The first-order valence-corrected chi connectivity index (χ1v) is 22.7. The molecule has 0 spiro atoms. The summed E-state index contributed by atoms with van der Waals surface area (Å²) in [7, 11) is -15.5. The Labute approximate surface area is 304 Å². The van der Waals surface area contributed by atoms with E-state index in [9.17, 15) is 43.2 Å². The normalized spacial score (nSPS) is 13.5. The quantitative estimate of drug-likeness (QED) is 0.0741. The molecule has 0 heterocycles. The monoisotopic (exact) mass is 900 g/mol. The van der Waals surface area contributed by atoms with Gasteiger partial charge in [-0.05, 0) is 13.8 Å². The van der Waals surface area contributed by atoms with Gasteiger partial charge in [0.25, 0.3) is 0 Å². The van der Waals surface area contributed by atoms with Crippen molar-refractivity contribution in [3.05, 3.63) is 146 Å². The summed E-state index contributed by atoms with van der Waals surface area (Å²) in [5, 5.41) is 0. The molecular weight excluding hydrogens is 874 g/mol. The van der Waals surface area contributed by atoms with Gasteiger partial charge in [0.05, 0.1) is 0 Å². The molecule has 0 aliphatic carbocycles. The van der Waals surface area contributed by atoms with E-state index in [0.29, 0.717) is 24.5 Å². The third-order valence-corrected chi connectivity index (χ3v) is 20.3. The molecule has 0 N–H and O–H groups in total. The molecule has 0 unspecified atom stereocenters. The van der Waals surface area contributed by atoms with Crippen LogP contribution in [0.5, 0.6) is 0 Å². The van der Waals surface area contributed by atoms with Crippen molar-refractivity contribution in [3.63, 3.8) is 0 Å². The molecule has 0 aliphatic heterocycles. The summed E-state index contributed by atoms with van der Waals surface area (Å²) in [4.78, 5) is 1.88. The van der Waals surface area contributed by atoms with E-state index < -0.39 is 61.8 Å². The summed E-state index contributed by atoms with van der Waals surface area (Å²) in [6, 6.07) is 33.0. The van der Waals surface area contributed by atoms with E-state index in [0.717, 1.165) is 0 Å². The molecule has 51 heavy (non-hydrogen) atoms. The third kappa shape index (κ3) is 8.44. The Hall–Kier alpha value is -3.07. The average molecular weight is 901 g/mol. The molecule has 0 fully saturated rings. The average Bonchev–Trinajstić information content (AvgIpc) is 3.07.